The summed E-state index contributed by atoms with van der Waals surface area (Å²) >= 11 is 1.09. The molecule has 1 saturated heterocycles. The lowest BCUT2D eigenvalue weighted by Gasteiger charge is -2.50. The molecule has 1 atom stereocenters. The van der Waals surface area contributed by atoms with Crippen molar-refractivity contribution < 1.29 is 36.4 Å². The molecule has 0 bridgehead atoms. The van der Waals surface area contributed by atoms with E-state index in [2.05, 4.69) is 14.4 Å². The predicted octanol–water partition coefficient (Wildman–Crippen LogP) is 0.706. The maximum atomic E-state index is 13.3. The zero-order valence-electron chi connectivity index (χ0n) is 26.3. The molecule has 0 saturated carbocycles. The van der Waals surface area contributed by atoms with Gasteiger partial charge in [-0.25, -0.2) is 4.98 Å². The fraction of sp³-hybridized carbons (Fsp3) is 0.536. The second-order valence-electron chi connectivity index (χ2n) is 11.5. The summed E-state index contributed by atoms with van der Waals surface area (Å²) in [5, 5.41) is 15.0. The van der Waals surface area contributed by atoms with Gasteiger partial charge in [-0.15, -0.1) is 15.6 Å². The van der Waals surface area contributed by atoms with Gasteiger partial charge in [-0.05, 0) is 63.0 Å². The number of nitrogens with two attached hydrogens (primary N) is 3. The number of nitrogens with one attached hydrogen (secondary N) is 1. The van der Waals surface area contributed by atoms with E-state index in [9.17, 15) is 18.0 Å². The van der Waals surface area contributed by atoms with E-state index in [0.29, 0.717) is 56.0 Å². The summed E-state index contributed by atoms with van der Waals surface area (Å²) in [4.78, 5) is 39.3. The number of ether oxygens (including phenoxy) is 1. The van der Waals surface area contributed by atoms with Crippen LogP contribution in [0.5, 0.6) is 5.75 Å². The van der Waals surface area contributed by atoms with Gasteiger partial charge in [0.05, 0.1) is 11.5 Å². The number of hydroxylamine groups is 2. The quantitative estimate of drug-likeness (QED) is 0.0382. The van der Waals surface area contributed by atoms with Crippen molar-refractivity contribution in [2.75, 3.05) is 45.1 Å². The van der Waals surface area contributed by atoms with Crippen molar-refractivity contribution in [3.63, 3.8) is 0 Å². The van der Waals surface area contributed by atoms with Crippen LogP contribution in [0.1, 0.15) is 49.9 Å². The second-order valence-corrected chi connectivity index (χ2v) is 13.4. The SMILES string of the molecule is CC1(C)[C@H](CC(=O)/C(=N\OCCOc2ccc3c(c2)CN(C(=N)N(CCCN)CCCN)C3)c2csc(N)n2)C(=O)N1OS(=O)(=O)O. The first-order valence-electron chi connectivity index (χ1n) is 14.9. The summed E-state index contributed by atoms with van der Waals surface area (Å²) in [6, 6.07) is 5.74. The Morgan fingerprint density at radius 1 is 1.19 bits per heavy atom. The first-order valence-corrected chi connectivity index (χ1v) is 17.2. The lowest BCUT2D eigenvalue weighted by Crippen LogP contribution is -2.68. The predicted molar refractivity (Wildman–Crippen MR) is 174 cm³/mol. The summed E-state index contributed by atoms with van der Waals surface area (Å²) in [7, 11) is -4.93. The number of nitrogens with zero attached hydrogens (tertiary/aromatic N) is 5. The first kappa shape index (κ1) is 36.0. The number of hydrogen-bond acceptors (Lipinski definition) is 14. The number of guanidine groups is 1. The highest BCUT2D eigenvalue weighted by molar-refractivity contribution is 7.80. The Morgan fingerprint density at radius 3 is 2.47 bits per heavy atom. The molecule has 1 aromatic heterocycles. The van der Waals surface area contributed by atoms with Crippen LogP contribution in [0.25, 0.3) is 0 Å². The van der Waals surface area contributed by atoms with Crippen molar-refractivity contribution >= 4 is 50.2 Å². The Morgan fingerprint density at radius 2 is 1.87 bits per heavy atom. The molecule has 1 aromatic carbocycles. The average Bonchev–Trinajstić information content (AvgIpc) is 3.65. The molecule has 19 heteroatoms. The minimum atomic E-state index is -4.93. The van der Waals surface area contributed by atoms with E-state index in [1.807, 2.05) is 28.0 Å². The number of Topliss-reactive ketones (excluding diaryl/α,β-unsaturated/α-hetero) is 1. The highest BCUT2D eigenvalue weighted by Gasteiger charge is 2.57. The van der Waals surface area contributed by atoms with E-state index in [4.69, 9.17) is 36.7 Å². The summed E-state index contributed by atoms with van der Waals surface area (Å²) in [5.41, 5.74) is 18.1. The Bertz CT molecular complexity index is 1590. The van der Waals surface area contributed by atoms with Crippen molar-refractivity contribution in [1.29, 1.82) is 5.41 Å². The third-order valence-corrected chi connectivity index (χ3v) is 8.84. The van der Waals surface area contributed by atoms with E-state index in [-0.39, 0.29) is 36.2 Å². The van der Waals surface area contributed by atoms with Crippen LogP contribution in [0.2, 0.25) is 0 Å². The summed E-state index contributed by atoms with van der Waals surface area (Å²) in [6.07, 6.45) is 1.23. The number of β-lactam (4-membered cyclic amide) rings is 1. The second kappa shape index (κ2) is 15.3. The van der Waals surface area contributed by atoms with Crippen LogP contribution in [-0.4, -0.2) is 101 Å². The van der Waals surface area contributed by atoms with E-state index in [0.717, 1.165) is 35.3 Å². The number of benzene rings is 1. The Hall–Kier alpha value is -3.88. The third-order valence-electron chi connectivity index (χ3n) is 7.82. The number of fused-ring (bicyclic) bond motifs is 1. The van der Waals surface area contributed by atoms with Gasteiger partial charge >= 0.3 is 10.4 Å². The van der Waals surface area contributed by atoms with Crippen LogP contribution in [0.3, 0.4) is 0 Å². The van der Waals surface area contributed by atoms with Crippen LogP contribution < -0.4 is 21.9 Å². The largest absolute Gasteiger partial charge is 0.490 e. The van der Waals surface area contributed by atoms with Gasteiger partial charge in [0.15, 0.2) is 29.2 Å². The van der Waals surface area contributed by atoms with Gasteiger partial charge in [-0.3, -0.25) is 19.6 Å². The number of rotatable bonds is 17. The molecule has 47 heavy (non-hydrogen) atoms. The number of oxime groups is 1. The molecule has 17 nitrogen and oxygen atoms in total. The monoisotopic (exact) mass is 695 g/mol. The van der Waals surface area contributed by atoms with Crippen LogP contribution in [0.15, 0.2) is 28.7 Å². The van der Waals surface area contributed by atoms with Gasteiger partial charge in [0, 0.05) is 38.0 Å². The fourth-order valence-corrected chi connectivity index (χ4v) is 6.29. The zero-order chi connectivity index (χ0) is 34.4. The molecule has 258 valence electrons. The van der Waals surface area contributed by atoms with E-state index in [1.54, 1.807) is 0 Å². The lowest BCUT2D eigenvalue weighted by molar-refractivity contribution is -0.228. The standard InChI is InChI=1S/C28H41N9O8S2/c1-28(2)21(25(39)37(28)45-47(40,41)42)14-23(38)24(22-17-46-26(31)33-22)34-44-12-11-43-20-6-5-18-15-36(16-19(18)13-20)27(32)35(9-3-7-29)10-4-8-30/h5-6,13,17,21,32H,3-4,7-12,14-16,29-30H2,1-2H3,(H2,31,33)(H,40,41,42)/b32-27?,34-24-/t21-/m1/s1. The number of carbonyl (C=O) groups is 2. The van der Waals surface area contributed by atoms with E-state index in [1.165, 1.54) is 19.2 Å². The van der Waals surface area contributed by atoms with Crippen LogP contribution in [0, 0.1) is 11.3 Å². The molecule has 3 heterocycles. The highest BCUT2D eigenvalue weighted by atomic mass is 32.3. The molecule has 0 aliphatic carbocycles. The lowest BCUT2D eigenvalue weighted by atomic mass is 9.74. The molecule has 0 unspecified atom stereocenters. The van der Waals surface area contributed by atoms with E-state index < -0.39 is 33.5 Å². The Labute approximate surface area is 277 Å². The number of carbonyl (C=O) groups excluding carboxylic acids is 2. The molecule has 8 N–H and O–H groups in total. The fourth-order valence-electron chi connectivity index (χ4n) is 5.29. The molecule has 4 rings (SSSR count). The van der Waals surface area contributed by atoms with Gasteiger partial charge in [-0.2, -0.15) is 13.5 Å². The summed E-state index contributed by atoms with van der Waals surface area (Å²) in [6.45, 7) is 6.74. The maximum Gasteiger partial charge on any atom is 0.418 e. The number of anilines is 1. The molecule has 1 fully saturated rings. The Balaban J connectivity index is 1.33. The van der Waals surface area contributed by atoms with Gasteiger partial charge in [0.25, 0.3) is 5.91 Å². The number of amides is 1. The number of aromatic nitrogens is 1. The Kier molecular flexibility index (Phi) is 11.7. The van der Waals surface area contributed by atoms with Crippen molar-refractivity contribution in [3.05, 3.63) is 40.4 Å². The minimum Gasteiger partial charge on any atom is -0.490 e. The van der Waals surface area contributed by atoms with Crippen LogP contribution in [0.4, 0.5) is 5.13 Å². The molecular formula is C28H41N9O8S2. The molecule has 2 aliphatic rings. The third kappa shape index (κ3) is 8.93. The van der Waals surface area contributed by atoms with Crippen LogP contribution >= 0.6 is 11.3 Å². The number of thiazole rings is 1. The molecule has 0 spiro atoms. The maximum absolute atomic E-state index is 13.3. The van der Waals surface area contributed by atoms with Gasteiger partial charge in [0.2, 0.25) is 0 Å². The van der Waals surface area contributed by atoms with Crippen molar-refractivity contribution in [2.45, 2.75) is 51.7 Å². The van der Waals surface area contributed by atoms with Gasteiger partial charge in [0.1, 0.15) is 18.1 Å². The molecule has 0 radical (unpaired) electrons. The molecule has 1 amide bonds. The van der Waals surface area contributed by atoms with E-state index >= 15 is 0 Å². The number of ketones is 1. The highest BCUT2D eigenvalue weighted by Crippen LogP contribution is 2.40. The normalized spacial score (nSPS) is 17.3. The van der Waals surface area contributed by atoms with Crippen molar-refractivity contribution in [3.8, 4) is 5.75 Å². The zero-order valence-corrected chi connectivity index (χ0v) is 27.9. The number of nitrogen functional groups attached to an aromatic ring is 1. The molecule has 2 aliphatic heterocycles. The molecular weight excluding hydrogens is 654 g/mol. The average molecular weight is 696 g/mol. The molecule has 2 aromatic rings. The summed E-state index contributed by atoms with van der Waals surface area (Å²) in [5.74, 6) is -1.29. The van der Waals surface area contributed by atoms with Crippen LogP contribution in [-0.2, 0) is 42.2 Å². The first-order chi connectivity index (χ1) is 22.2. The number of hydrogen-bond donors (Lipinski definition) is 5. The van der Waals surface area contributed by atoms with Crippen molar-refractivity contribution in [1.82, 2.24) is 19.8 Å². The van der Waals surface area contributed by atoms with Crippen molar-refractivity contribution in [2.24, 2.45) is 22.5 Å². The van der Waals surface area contributed by atoms with Gasteiger partial charge in [-0.1, -0.05) is 11.2 Å². The summed E-state index contributed by atoms with van der Waals surface area (Å²) < 4.78 is 41.4. The van der Waals surface area contributed by atoms with Gasteiger partial charge < -0.3 is 36.6 Å². The minimum absolute atomic E-state index is 0.0225. The topological polar surface area (TPSA) is 253 Å². The smallest absolute Gasteiger partial charge is 0.418 e.